The number of carbonyl (C=O) groups is 1. The average molecular weight is 369 g/mol. The van der Waals surface area contributed by atoms with Crippen molar-refractivity contribution in [3.8, 4) is 17.0 Å². The SMILES string of the molecule is O=C(COc1ccc2ccccc2c1)NCc1cccnc1-c1cccnc1. The van der Waals surface area contributed by atoms with Gasteiger partial charge in [0.2, 0.25) is 0 Å². The van der Waals surface area contributed by atoms with Gasteiger partial charge in [-0.1, -0.05) is 36.4 Å². The molecule has 4 aromatic rings. The molecule has 0 saturated carbocycles. The molecule has 2 aromatic carbocycles. The van der Waals surface area contributed by atoms with Crippen molar-refractivity contribution < 1.29 is 9.53 Å². The van der Waals surface area contributed by atoms with Gasteiger partial charge in [0.25, 0.3) is 5.91 Å². The summed E-state index contributed by atoms with van der Waals surface area (Å²) >= 11 is 0. The topological polar surface area (TPSA) is 64.1 Å². The smallest absolute Gasteiger partial charge is 0.258 e. The second-order valence-corrected chi connectivity index (χ2v) is 6.33. The third-order valence-electron chi connectivity index (χ3n) is 4.39. The maximum Gasteiger partial charge on any atom is 0.258 e. The Labute approximate surface area is 163 Å². The van der Waals surface area contributed by atoms with E-state index in [9.17, 15) is 4.79 Å². The Balaban J connectivity index is 1.37. The first-order chi connectivity index (χ1) is 13.8. The lowest BCUT2D eigenvalue weighted by Gasteiger charge is -2.11. The highest BCUT2D eigenvalue weighted by Gasteiger charge is 2.09. The number of hydrogen-bond acceptors (Lipinski definition) is 4. The second kappa shape index (κ2) is 8.31. The average Bonchev–Trinajstić information content (AvgIpc) is 2.77. The number of nitrogens with one attached hydrogen (secondary N) is 1. The number of benzene rings is 2. The predicted octanol–water partition coefficient (Wildman–Crippen LogP) is 3.99. The van der Waals surface area contributed by atoms with Crippen molar-refractivity contribution in [2.75, 3.05) is 6.61 Å². The van der Waals surface area contributed by atoms with Crippen LogP contribution in [0.15, 0.2) is 85.3 Å². The summed E-state index contributed by atoms with van der Waals surface area (Å²) in [6.45, 7) is 0.332. The molecular weight excluding hydrogens is 350 g/mol. The van der Waals surface area contributed by atoms with Crippen LogP contribution in [-0.2, 0) is 11.3 Å². The van der Waals surface area contributed by atoms with E-state index in [-0.39, 0.29) is 12.5 Å². The minimum Gasteiger partial charge on any atom is -0.484 e. The highest BCUT2D eigenvalue weighted by molar-refractivity contribution is 5.84. The minimum absolute atomic E-state index is 0.0408. The van der Waals surface area contributed by atoms with Crippen molar-refractivity contribution in [2.45, 2.75) is 6.54 Å². The van der Waals surface area contributed by atoms with Gasteiger partial charge < -0.3 is 10.1 Å². The zero-order valence-electron chi connectivity index (χ0n) is 15.2. The fraction of sp³-hybridized carbons (Fsp3) is 0.0870. The van der Waals surface area contributed by atoms with Gasteiger partial charge in [-0.15, -0.1) is 0 Å². The van der Waals surface area contributed by atoms with E-state index in [0.717, 1.165) is 27.6 Å². The fourth-order valence-electron chi connectivity index (χ4n) is 2.99. The molecule has 1 N–H and O–H groups in total. The number of aromatic nitrogens is 2. The molecule has 0 radical (unpaired) electrons. The van der Waals surface area contributed by atoms with Gasteiger partial charge in [-0.25, -0.2) is 0 Å². The molecular formula is C23H19N3O2. The highest BCUT2D eigenvalue weighted by atomic mass is 16.5. The molecule has 0 saturated heterocycles. The Morgan fingerprint density at radius 3 is 2.64 bits per heavy atom. The molecule has 0 aliphatic carbocycles. The van der Waals surface area contributed by atoms with E-state index < -0.39 is 0 Å². The summed E-state index contributed by atoms with van der Waals surface area (Å²) in [4.78, 5) is 20.8. The van der Waals surface area contributed by atoms with E-state index in [0.29, 0.717) is 12.3 Å². The number of hydrogen-bond donors (Lipinski definition) is 1. The molecule has 5 heteroatoms. The minimum atomic E-state index is -0.186. The number of rotatable bonds is 6. The molecule has 0 atom stereocenters. The maximum atomic E-state index is 12.2. The lowest BCUT2D eigenvalue weighted by molar-refractivity contribution is -0.123. The molecule has 138 valence electrons. The van der Waals surface area contributed by atoms with Crippen molar-refractivity contribution in [1.82, 2.24) is 15.3 Å². The predicted molar refractivity (Wildman–Crippen MR) is 109 cm³/mol. The molecule has 4 rings (SSSR count). The molecule has 0 aliphatic rings. The molecule has 2 heterocycles. The van der Waals surface area contributed by atoms with Crippen LogP contribution in [0.5, 0.6) is 5.75 Å². The molecule has 0 fully saturated rings. The monoisotopic (exact) mass is 369 g/mol. The van der Waals surface area contributed by atoms with Crippen molar-refractivity contribution in [1.29, 1.82) is 0 Å². The van der Waals surface area contributed by atoms with E-state index in [1.54, 1.807) is 18.6 Å². The van der Waals surface area contributed by atoms with Crippen molar-refractivity contribution in [2.24, 2.45) is 0 Å². The molecule has 28 heavy (non-hydrogen) atoms. The van der Waals surface area contributed by atoms with Crippen LogP contribution in [0.3, 0.4) is 0 Å². The first-order valence-electron chi connectivity index (χ1n) is 9.02. The Hall–Kier alpha value is -3.73. The number of amides is 1. The second-order valence-electron chi connectivity index (χ2n) is 6.33. The van der Waals surface area contributed by atoms with Gasteiger partial charge in [0.05, 0.1) is 5.69 Å². The van der Waals surface area contributed by atoms with Crippen LogP contribution in [0.1, 0.15) is 5.56 Å². The first kappa shape index (κ1) is 17.7. The van der Waals surface area contributed by atoms with Crippen LogP contribution in [0.25, 0.3) is 22.0 Å². The summed E-state index contributed by atoms with van der Waals surface area (Å²) < 4.78 is 5.64. The number of ether oxygens (including phenoxy) is 1. The Morgan fingerprint density at radius 1 is 0.929 bits per heavy atom. The lowest BCUT2D eigenvalue weighted by atomic mass is 10.1. The Morgan fingerprint density at radius 2 is 1.79 bits per heavy atom. The van der Waals surface area contributed by atoms with Crippen LogP contribution < -0.4 is 10.1 Å². The van der Waals surface area contributed by atoms with Crippen molar-refractivity contribution in [3.63, 3.8) is 0 Å². The summed E-state index contributed by atoms with van der Waals surface area (Å²) in [6, 6.07) is 21.4. The quantitative estimate of drug-likeness (QED) is 0.558. The Bertz CT molecular complexity index is 1100. The van der Waals surface area contributed by atoms with Crippen molar-refractivity contribution >= 4 is 16.7 Å². The molecule has 1 amide bonds. The lowest BCUT2D eigenvalue weighted by Crippen LogP contribution is -2.28. The van der Waals surface area contributed by atoms with Crippen LogP contribution in [0, 0.1) is 0 Å². The third-order valence-corrected chi connectivity index (χ3v) is 4.39. The molecule has 0 spiro atoms. The summed E-state index contributed by atoms with van der Waals surface area (Å²) in [5.41, 5.74) is 2.65. The third kappa shape index (κ3) is 4.15. The van der Waals surface area contributed by atoms with Crippen LogP contribution in [0.2, 0.25) is 0 Å². The van der Waals surface area contributed by atoms with Crippen LogP contribution in [-0.4, -0.2) is 22.5 Å². The van der Waals surface area contributed by atoms with E-state index in [4.69, 9.17) is 4.74 Å². The normalized spacial score (nSPS) is 10.6. The largest absolute Gasteiger partial charge is 0.484 e. The Kier molecular flexibility index (Phi) is 5.24. The van der Waals surface area contributed by atoms with Gasteiger partial charge in [-0.3, -0.25) is 14.8 Å². The van der Waals surface area contributed by atoms with Gasteiger partial charge in [-0.2, -0.15) is 0 Å². The number of pyridine rings is 2. The molecule has 0 bridgehead atoms. The molecule has 2 aromatic heterocycles. The number of nitrogens with zero attached hydrogens (tertiary/aromatic N) is 2. The van der Waals surface area contributed by atoms with E-state index in [2.05, 4.69) is 15.3 Å². The fourth-order valence-corrected chi connectivity index (χ4v) is 2.99. The standard InChI is InChI=1S/C23H19N3O2/c27-22(16-28-21-10-9-17-5-1-2-6-18(17)13-21)26-15-20-8-4-12-25-23(20)19-7-3-11-24-14-19/h1-14H,15-16H2,(H,26,27). The van der Waals surface area contributed by atoms with E-state index >= 15 is 0 Å². The molecule has 5 nitrogen and oxygen atoms in total. The molecule has 0 unspecified atom stereocenters. The summed E-state index contributed by atoms with van der Waals surface area (Å²) in [5, 5.41) is 5.11. The van der Waals surface area contributed by atoms with Gasteiger partial charge >= 0.3 is 0 Å². The highest BCUT2D eigenvalue weighted by Crippen LogP contribution is 2.21. The summed E-state index contributed by atoms with van der Waals surface area (Å²) in [5.74, 6) is 0.487. The summed E-state index contributed by atoms with van der Waals surface area (Å²) in [6.07, 6.45) is 5.21. The van der Waals surface area contributed by atoms with Crippen LogP contribution >= 0.6 is 0 Å². The maximum absolute atomic E-state index is 12.2. The van der Waals surface area contributed by atoms with Gasteiger partial charge in [0, 0.05) is 30.7 Å². The number of fused-ring (bicyclic) bond motifs is 1. The zero-order chi connectivity index (χ0) is 19.2. The van der Waals surface area contributed by atoms with Crippen molar-refractivity contribution in [3.05, 3.63) is 90.9 Å². The van der Waals surface area contributed by atoms with Gasteiger partial charge in [-0.05, 0) is 46.7 Å². The first-order valence-corrected chi connectivity index (χ1v) is 9.02. The van der Waals surface area contributed by atoms with E-state index in [1.807, 2.05) is 66.7 Å². The summed E-state index contributed by atoms with van der Waals surface area (Å²) in [7, 11) is 0. The van der Waals surface area contributed by atoms with Gasteiger partial charge in [0.15, 0.2) is 6.61 Å². The number of carbonyl (C=O) groups excluding carboxylic acids is 1. The zero-order valence-corrected chi connectivity index (χ0v) is 15.2. The van der Waals surface area contributed by atoms with Crippen LogP contribution in [0.4, 0.5) is 0 Å². The van der Waals surface area contributed by atoms with Gasteiger partial charge in [0.1, 0.15) is 5.75 Å². The molecule has 0 aliphatic heterocycles. The van der Waals surface area contributed by atoms with E-state index in [1.165, 1.54) is 0 Å².